The van der Waals surface area contributed by atoms with Crippen LogP contribution in [0.25, 0.3) is 21.9 Å². The van der Waals surface area contributed by atoms with Crippen LogP contribution in [0.2, 0.25) is 0 Å². The molecule has 3 N–H and O–H groups in total. The number of aliphatic hydroxyl groups is 1. The summed E-state index contributed by atoms with van der Waals surface area (Å²) in [7, 11) is 3.99. The van der Waals surface area contributed by atoms with Gasteiger partial charge in [-0.3, -0.25) is 33.5 Å². The van der Waals surface area contributed by atoms with Crippen molar-refractivity contribution in [2.75, 3.05) is 18.9 Å². The van der Waals surface area contributed by atoms with Gasteiger partial charge in [-0.25, -0.2) is 9.78 Å². The molecule has 0 spiro atoms. The number of aromatic nitrogens is 5. The van der Waals surface area contributed by atoms with Gasteiger partial charge in [-0.15, -0.1) is 0 Å². The number of para-hydroxylation sites is 1. The van der Waals surface area contributed by atoms with Gasteiger partial charge in [-0.2, -0.15) is 18.3 Å². The van der Waals surface area contributed by atoms with E-state index in [9.17, 15) is 37.5 Å². The summed E-state index contributed by atoms with van der Waals surface area (Å²) < 4.78 is 45.0. The molecule has 0 bridgehead atoms. The number of carbonyl (C=O) groups is 3. The van der Waals surface area contributed by atoms with E-state index in [1.54, 1.807) is 42.2 Å². The predicted octanol–water partition coefficient (Wildman–Crippen LogP) is 6.95. The van der Waals surface area contributed by atoms with E-state index in [0.717, 1.165) is 92.0 Å². The Labute approximate surface area is 344 Å². The number of imidazole rings is 1. The van der Waals surface area contributed by atoms with Crippen LogP contribution in [0, 0.1) is 5.92 Å². The topological polar surface area (TPSA) is 156 Å². The second-order valence-electron chi connectivity index (χ2n) is 17.5. The highest BCUT2D eigenvalue weighted by atomic mass is 19.4. The van der Waals surface area contributed by atoms with Crippen molar-refractivity contribution in [3.63, 3.8) is 0 Å². The number of benzene rings is 2. The Balaban J connectivity index is 0.885. The van der Waals surface area contributed by atoms with Gasteiger partial charge in [0, 0.05) is 48.9 Å². The van der Waals surface area contributed by atoms with Gasteiger partial charge in [0.05, 0.1) is 28.2 Å². The summed E-state index contributed by atoms with van der Waals surface area (Å²) in [5.41, 5.74) is 0.840. The lowest BCUT2D eigenvalue weighted by Crippen LogP contribution is -2.44. The van der Waals surface area contributed by atoms with E-state index in [-0.39, 0.29) is 35.4 Å². The largest absolute Gasteiger partial charge is 0.433 e. The lowest BCUT2D eigenvalue weighted by atomic mass is 9.80. The smallest absolute Gasteiger partial charge is 0.386 e. The third-order valence-corrected chi connectivity index (χ3v) is 13.0. The molecular formula is C44H51F3N8O5. The summed E-state index contributed by atoms with van der Waals surface area (Å²) in [4.78, 5) is 57.1. The summed E-state index contributed by atoms with van der Waals surface area (Å²) in [6, 6.07) is 12.5. The van der Waals surface area contributed by atoms with Gasteiger partial charge in [0.2, 0.25) is 11.8 Å². The number of anilines is 1. The zero-order valence-electron chi connectivity index (χ0n) is 34.3. The maximum absolute atomic E-state index is 13.5. The van der Waals surface area contributed by atoms with Crippen molar-refractivity contribution >= 4 is 45.3 Å². The molecule has 60 heavy (non-hydrogen) atoms. The van der Waals surface area contributed by atoms with Crippen molar-refractivity contribution in [2.24, 2.45) is 13.0 Å². The van der Waals surface area contributed by atoms with Crippen molar-refractivity contribution in [1.29, 1.82) is 0 Å². The summed E-state index contributed by atoms with van der Waals surface area (Å²) in [6.07, 6.45) is 5.79. The van der Waals surface area contributed by atoms with E-state index in [2.05, 4.69) is 33.6 Å². The van der Waals surface area contributed by atoms with E-state index in [1.165, 1.54) is 6.07 Å². The second-order valence-corrected chi connectivity index (χ2v) is 17.5. The van der Waals surface area contributed by atoms with Crippen LogP contribution in [0.1, 0.15) is 123 Å². The average Bonchev–Trinajstić information content (AvgIpc) is 3.74. The number of hydrogen-bond acceptors (Lipinski definition) is 8. The summed E-state index contributed by atoms with van der Waals surface area (Å²) in [5.74, 6) is -0.729. The molecule has 2 saturated carbocycles. The molecule has 1 atom stereocenters. The molecule has 3 fully saturated rings. The van der Waals surface area contributed by atoms with Crippen LogP contribution in [0.3, 0.4) is 0 Å². The highest BCUT2D eigenvalue weighted by molar-refractivity contribution is 6.04. The van der Waals surface area contributed by atoms with Gasteiger partial charge in [0.1, 0.15) is 17.4 Å². The van der Waals surface area contributed by atoms with Crippen molar-refractivity contribution in [2.45, 2.75) is 114 Å². The van der Waals surface area contributed by atoms with E-state index in [4.69, 9.17) is 5.10 Å². The number of fused-ring (bicyclic) bond motifs is 2. The molecule has 318 valence electrons. The predicted molar refractivity (Wildman–Crippen MR) is 219 cm³/mol. The maximum Gasteiger partial charge on any atom is 0.433 e. The van der Waals surface area contributed by atoms with Crippen LogP contribution in [0.4, 0.5) is 18.9 Å². The molecule has 1 aliphatic heterocycles. The van der Waals surface area contributed by atoms with Crippen LogP contribution in [0.15, 0.2) is 59.5 Å². The highest BCUT2D eigenvalue weighted by Crippen LogP contribution is 2.40. The van der Waals surface area contributed by atoms with E-state index >= 15 is 0 Å². The van der Waals surface area contributed by atoms with Crippen LogP contribution < -0.4 is 16.3 Å². The molecule has 13 nitrogen and oxygen atoms in total. The molecule has 3 aromatic heterocycles. The minimum absolute atomic E-state index is 0.177. The van der Waals surface area contributed by atoms with E-state index in [0.29, 0.717) is 35.4 Å². The third kappa shape index (κ3) is 8.10. The van der Waals surface area contributed by atoms with Crippen molar-refractivity contribution in [1.82, 2.24) is 34.1 Å². The minimum Gasteiger partial charge on any atom is -0.386 e. The molecule has 5 aromatic rings. The number of halogens is 3. The third-order valence-electron chi connectivity index (χ3n) is 13.0. The fourth-order valence-corrected chi connectivity index (χ4v) is 9.80. The number of rotatable bonds is 9. The SMILES string of the molecule is Cn1c(=O)n(C2CCC(=O)NC2=O)c2cccc([C@H]3CC[C@@H](N(C)C[C@H]4CC[C@H](n5cc6cc(NC(=O)c7cccc(C(F)(F)F)n7)c(C(C)(C)O)cc6n5)CC4)CC3)c21. The molecule has 2 aromatic carbocycles. The Bertz CT molecular complexity index is 2520. The first-order valence-electron chi connectivity index (χ1n) is 20.8. The van der Waals surface area contributed by atoms with Gasteiger partial charge in [0.25, 0.3) is 5.91 Å². The zero-order valence-corrected chi connectivity index (χ0v) is 34.3. The van der Waals surface area contributed by atoms with Gasteiger partial charge < -0.3 is 15.3 Å². The van der Waals surface area contributed by atoms with Crippen molar-refractivity contribution in [3.8, 4) is 0 Å². The number of pyridine rings is 1. The Morgan fingerprint density at radius 1 is 0.967 bits per heavy atom. The average molecular weight is 829 g/mol. The molecule has 2 aliphatic carbocycles. The summed E-state index contributed by atoms with van der Waals surface area (Å²) in [5, 5.41) is 21.7. The molecule has 0 radical (unpaired) electrons. The number of imide groups is 1. The maximum atomic E-state index is 13.5. The second kappa shape index (κ2) is 15.9. The number of carbonyl (C=O) groups excluding carboxylic acids is 3. The fourth-order valence-electron chi connectivity index (χ4n) is 9.80. The van der Waals surface area contributed by atoms with Crippen LogP contribution in [-0.2, 0) is 28.4 Å². The number of piperidine rings is 1. The molecule has 3 amide bonds. The van der Waals surface area contributed by atoms with Gasteiger partial charge in [-0.05, 0) is 126 Å². The van der Waals surface area contributed by atoms with Gasteiger partial charge >= 0.3 is 11.9 Å². The van der Waals surface area contributed by atoms with E-state index in [1.807, 2.05) is 23.0 Å². The lowest BCUT2D eigenvalue weighted by molar-refractivity contribution is -0.141. The quantitative estimate of drug-likeness (QED) is 0.135. The Morgan fingerprint density at radius 3 is 2.37 bits per heavy atom. The first kappa shape index (κ1) is 41.4. The first-order chi connectivity index (χ1) is 28.5. The van der Waals surface area contributed by atoms with Crippen LogP contribution >= 0.6 is 0 Å². The van der Waals surface area contributed by atoms with Gasteiger partial charge in [-0.1, -0.05) is 18.2 Å². The summed E-state index contributed by atoms with van der Waals surface area (Å²) in [6.45, 7) is 4.15. The standard InChI is InChI=1S/C44H51F3N8O5/c1-43(2,60)31-22-33-27(21-34(31)49-40(57)32-8-6-10-37(48-32)44(45,46)47)24-54(51-33)29-15-11-25(12-16-29)23-52(3)28-17-13-26(14-18-28)30-7-5-9-35-39(30)53(4)42(59)55(35)36-19-20-38(56)50-41(36)58/h5-10,21-22,24-26,28-29,36,60H,11-20,23H2,1-4H3,(H,49,57)(H,50,56,58)/t25-,26-,28+,29-,36?. The Hall–Kier alpha value is -5.35. The zero-order chi connectivity index (χ0) is 42.7. The van der Waals surface area contributed by atoms with Crippen molar-refractivity contribution in [3.05, 3.63) is 87.7 Å². The monoisotopic (exact) mass is 828 g/mol. The van der Waals surface area contributed by atoms with Crippen molar-refractivity contribution < 1.29 is 32.7 Å². The lowest BCUT2D eigenvalue weighted by Gasteiger charge is -2.38. The molecular weight excluding hydrogens is 778 g/mol. The van der Waals surface area contributed by atoms with E-state index < -0.39 is 35.3 Å². The fraction of sp³-hybridized carbons (Fsp3) is 0.500. The number of amides is 3. The first-order valence-corrected chi connectivity index (χ1v) is 20.8. The number of nitrogens with one attached hydrogen (secondary N) is 2. The molecule has 1 unspecified atom stereocenters. The molecule has 1 saturated heterocycles. The van der Waals surface area contributed by atoms with Crippen LogP contribution in [0.5, 0.6) is 0 Å². The molecule has 16 heteroatoms. The number of alkyl halides is 3. The Morgan fingerprint density at radius 2 is 1.68 bits per heavy atom. The molecule has 4 heterocycles. The highest BCUT2D eigenvalue weighted by Gasteiger charge is 2.35. The normalized spacial score (nSPS) is 23.1. The number of hydrogen-bond donors (Lipinski definition) is 3. The Kier molecular flexibility index (Phi) is 11.0. The number of aryl methyl sites for hydroxylation is 1. The minimum atomic E-state index is -4.70. The van der Waals surface area contributed by atoms with Gasteiger partial charge in [0.15, 0.2) is 0 Å². The number of nitrogens with zero attached hydrogens (tertiary/aromatic N) is 6. The molecule has 8 rings (SSSR count). The molecule has 3 aliphatic rings. The van der Waals surface area contributed by atoms with Crippen LogP contribution in [-0.4, -0.2) is 71.3 Å². The summed E-state index contributed by atoms with van der Waals surface area (Å²) >= 11 is 0.